The molecule has 1 saturated heterocycles. The molecule has 2 N–H and O–H groups in total. The average molecular weight is 460 g/mol. The number of nitrogens with zero attached hydrogens (tertiary/aromatic N) is 1. The number of rotatable bonds is 5. The van der Waals surface area contributed by atoms with Crippen molar-refractivity contribution in [1.29, 1.82) is 0 Å². The first-order valence-electron chi connectivity index (χ1n) is 11.1. The second kappa shape index (κ2) is 8.48. The van der Waals surface area contributed by atoms with Crippen molar-refractivity contribution in [2.45, 2.75) is 37.8 Å². The van der Waals surface area contributed by atoms with Crippen molar-refractivity contribution in [2.24, 2.45) is 0 Å². The predicted molar refractivity (Wildman–Crippen MR) is 127 cm³/mol. The van der Waals surface area contributed by atoms with Crippen molar-refractivity contribution in [1.82, 2.24) is 15.5 Å². The van der Waals surface area contributed by atoms with Gasteiger partial charge in [0.2, 0.25) is 5.91 Å². The highest BCUT2D eigenvalue weighted by molar-refractivity contribution is 7.10. The quantitative estimate of drug-likeness (QED) is 0.565. The van der Waals surface area contributed by atoms with Crippen LogP contribution in [0.1, 0.15) is 46.0 Å². The summed E-state index contributed by atoms with van der Waals surface area (Å²) in [6.45, 7) is 1.70. The molecule has 0 saturated carbocycles. The molecule has 3 aromatic rings. The number of carbonyl (C=O) groups excluding carboxylic acids is 3. The van der Waals surface area contributed by atoms with Gasteiger partial charge in [-0.1, -0.05) is 60.2 Å². The molecule has 1 fully saturated rings. The van der Waals surface area contributed by atoms with Crippen LogP contribution >= 0.6 is 11.3 Å². The van der Waals surface area contributed by atoms with Crippen LogP contribution in [-0.4, -0.2) is 29.3 Å². The summed E-state index contributed by atoms with van der Waals surface area (Å²) < 4.78 is 0. The smallest absolute Gasteiger partial charge is 0.325 e. The van der Waals surface area contributed by atoms with E-state index in [1.165, 1.54) is 0 Å². The highest BCUT2D eigenvalue weighted by atomic mass is 32.1. The fraction of sp³-hybridized carbons (Fsp3) is 0.269. The van der Waals surface area contributed by atoms with E-state index in [0.717, 1.165) is 44.9 Å². The third-order valence-electron chi connectivity index (χ3n) is 6.50. The summed E-state index contributed by atoms with van der Waals surface area (Å²) in [7, 11) is 0. The van der Waals surface area contributed by atoms with Crippen LogP contribution in [0.15, 0.2) is 66.0 Å². The maximum atomic E-state index is 13.5. The fourth-order valence-corrected chi connectivity index (χ4v) is 5.64. The molecule has 1 aliphatic carbocycles. The molecule has 2 aliphatic rings. The van der Waals surface area contributed by atoms with Gasteiger partial charge >= 0.3 is 6.03 Å². The van der Waals surface area contributed by atoms with E-state index in [4.69, 9.17) is 0 Å². The molecule has 1 spiro atoms. The molecule has 1 aromatic heterocycles. The second-order valence-corrected chi connectivity index (χ2v) is 9.64. The third-order valence-corrected chi connectivity index (χ3v) is 7.43. The Morgan fingerprint density at radius 2 is 1.91 bits per heavy atom. The Morgan fingerprint density at radius 3 is 2.67 bits per heavy atom. The molecule has 1 aliphatic heterocycles. The van der Waals surface area contributed by atoms with Gasteiger partial charge in [-0.05, 0) is 54.3 Å². The second-order valence-electron chi connectivity index (χ2n) is 8.66. The monoisotopic (exact) mass is 459 g/mol. The van der Waals surface area contributed by atoms with Gasteiger partial charge in [-0.25, -0.2) is 4.79 Å². The van der Waals surface area contributed by atoms with Crippen LogP contribution in [0.2, 0.25) is 0 Å². The molecule has 5 rings (SSSR count). The summed E-state index contributed by atoms with van der Waals surface area (Å²) in [6.07, 6.45) is 2.21. The van der Waals surface area contributed by atoms with Crippen LogP contribution < -0.4 is 10.6 Å². The minimum absolute atomic E-state index is 0.317. The number of hydrogen-bond donors (Lipinski definition) is 2. The van der Waals surface area contributed by atoms with Crippen molar-refractivity contribution in [3.63, 3.8) is 0 Å². The molecule has 6 nitrogen and oxygen atoms in total. The van der Waals surface area contributed by atoms with Crippen molar-refractivity contribution < 1.29 is 14.4 Å². The SMILES string of the molecule is Cc1ccc([C@H](NC(=O)CN2C(=O)N[C@]3(CCCc4ccccc43)C2=O)c2cccs2)cc1. The van der Waals surface area contributed by atoms with Gasteiger partial charge in [0.15, 0.2) is 0 Å². The number of fused-ring (bicyclic) bond motifs is 2. The predicted octanol–water partition coefficient (Wildman–Crippen LogP) is 4.05. The molecule has 2 atom stereocenters. The Kier molecular flexibility index (Phi) is 5.50. The van der Waals surface area contributed by atoms with Crippen molar-refractivity contribution >= 4 is 29.2 Å². The van der Waals surface area contributed by atoms with Crippen LogP contribution in [0.3, 0.4) is 0 Å². The summed E-state index contributed by atoms with van der Waals surface area (Å²) >= 11 is 1.55. The number of carbonyl (C=O) groups is 3. The maximum Gasteiger partial charge on any atom is 0.325 e. The summed E-state index contributed by atoms with van der Waals surface area (Å²) in [6, 6.07) is 18.8. The Labute approximate surface area is 196 Å². The van der Waals surface area contributed by atoms with Crippen molar-refractivity contribution in [2.75, 3.05) is 6.54 Å². The molecular weight excluding hydrogens is 434 g/mol. The lowest BCUT2D eigenvalue weighted by atomic mass is 9.76. The van der Waals surface area contributed by atoms with Gasteiger partial charge < -0.3 is 10.6 Å². The van der Waals surface area contributed by atoms with Gasteiger partial charge in [0.1, 0.15) is 12.1 Å². The fourth-order valence-electron chi connectivity index (χ4n) is 4.84. The van der Waals surface area contributed by atoms with Crippen molar-refractivity contribution in [3.8, 4) is 0 Å². The lowest BCUT2D eigenvalue weighted by Gasteiger charge is -2.33. The first-order chi connectivity index (χ1) is 16.0. The number of amides is 4. The van der Waals surface area contributed by atoms with Crippen LogP contribution in [0.5, 0.6) is 0 Å². The van der Waals surface area contributed by atoms with E-state index in [2.05, 4.69) is 10.6 Å². The van der Waals surface area contributed by atoms with Crippen LogP contribution in [0.4, 0.5) is 4.79 Å². The van der Waals surface area contributed by atoms with Gasteiger partial charge in [-0.2, -0.15) is 0 Å². The van der Waals surface area contributed by atoms with E-state index < -0.39 is 11.6 Å². The Hall–Kier alpha value is -3.45. The van der Waals surface area contributed by atoms with E-state index in [9.17, 15) is 14.4 Å². The number of imide groups is 1. The van der Waals surface area contributed by atoms with Gasteiger partial charge in [0.25, 0.3) is 5.91 Å². The van der Waals surface area contributed by atoms with E-state index >= 15 is 0 Å². The highest BCUT2D eigenvalue weighted by Gasteiger charge is 2.54. The molecule has 0 unspecified atom stereocenters. The Bertz CT molecular complexity index is 1210. The lowest BCUT2D eigenvalue weighted by Crippen LogP contribution is -2.47. The minimum atomic E-state index is -1.07. The summed E-state index contributed by atoms with van der Waals surface area (Å²) in [4.78, 5) is 41.4. The number of nitrogens with one attached hydrogen (secondary N) is 2. The summed E-state index contributed by atoms with van der Waals surface area (Å²) in [5, 5.41) is 7.90. The minimum Gasteiger partial charge on any atom is -0.343 e. The topological polar surface area (TPSA) is 78.5 Å². The zero-order valence-corrected chi connectivity index (χ0v) is 19.2. The molecule has 2 heterocycles. The largest absolute Gasteiger partial charge is 0.343 e. The molecule has 7 heteroatoms. The van der Waals surface area contributed by atoms with Gasteiger partial charge in [-0.3, -0.25) is 14.5 Å². The molecule has 0 radical (unpaired) electrons. The Morgan fingerprint density at radius 1 is 1.12 bits per heavy atom. The first-order valence-corrected chi connectivity index (χ1v) is 12.0. The van der Waals surface area contributed by atoms with Crippen molar-refractivity contribution in [3.05, 3.63) is 93.2 Å². The number of urea groups is 1. The zero-order valence-electron chi connectivity index (χ0n) is 18.3. The molecule has 168 valence electrons. The van der Waals surface area contributed by atoms with Gasteiger partial charge in [-0.15, -0.1) is 11.3 Å². The maximum absolute atomic E-state index is 13.5. The van der Waals surface area contributed by atoms with Crippen LogP contribution in [0.25, 0.3) is 0 Å². The van der Waals surface area contributed by atoms with Gasteiger partial charge in [0, 0.05) is 4.88 Å². The number of thiophene rings is 1. The van der Waals surface area contributed by atoms with Crippen LogP contribution in [0, 0.1) is 6.92 Å². The number of hydrogen-bond acceptors (Lipinski definition) is 4. The lowest BCUT2D eigenvalue weighted by molar-refractivity contribution is -0.135. The first kappa shape index (κ1) is 21.4. The molecular formula is C26H25N3O3S. The molecule has 4 amide bonds. The Balaban J connectivity index is 1.37. The zero-order chi connectivity index (χ0) is 23.0. The molecule has 2 aromatic carbocycles. The average Bonchev–Trinajstić information content (AvgIpc) is 3.43. The third kappa shape index (κ3) is 3.82. The highest BCUT2D eigenvalue weighted by Crippen LogP contribution is 2.39. The van der Waals surface area contributed by atoms with E-state index in [0.29, 0.717) is 6.42 Å². The van der Waals surface area contributed by atoms with E-state index in [1.54, 1.807) is 11.3 Å². The van der Waals surface area contributed by atoms with E-state index in [1.807, 2.05) is 73.0 Å². The molecule has 33 heavy (non-hydrogen) atoms. The normalized spacial score (nSPS) is 20.5. The van der Waals surface area contributed by atoms with E-state index in [-0.39, 0.29) is 24.4 Å². The van der Waals surface area contributed by atoms with Crippen LogP contribution in [-0.2, 0) is 21.5 Å². The summed E-state index contributed by atoms with van der Waals surface area (Å²) in [5.74, 6) is -0.726. The summed E-state index contributed by atoms with van der Waals surface area (Å²) in [5.41, 5.74) is 2.92. The number of benzene rings is 2. The van der Waals surface area contributed by atoms with Gasteiger partial charge in [0.05, 0.1) is 6.04 Å². The molecule has 0 bridgehead atoms. The standard InChI is InChI=1S/C26H25N3O3S/c1-17-10-12-19(13-11-17)23(21-9-5-15-33-21)27-22(30)16-29-24(31)26(28-25(29)32)14-4-7-18-6-2-3-8-20(18)26/h2-3,5-6,8-13,15,23H,4,7,14,16H2,1H3,(H,27,30)(H,28,32)/t23-,26-/m0/s1. The number of aryl methyl sites for hydroxylation is 2.